The molecule has 0 atom stereocenters. The van der Waals surface area contributed by atoms with Crippen LogP contribution in [0.2, 0.25) is 0 Å². The molecular formula is C9H7BrFNO2. The fourth-order valence-corrected chi connectivity index (χ4v) is 1.29. The second kappa shape index (κ2) is 4.32. The van der Waals surface area contributed by atoms with E-state index in [2.05, 4.69) is 15.9 Å². The van der Waals surface area contributed by atoms with Crippen molar-refractivity contribution in [1.82, 2.24) is 0 Å². The third-order valence-corrected chi connectivity index (χ3v) is 2.19. The van der Waals surface area contributed by atoms with Gasteiger partial charge in [0.15, 0.2) is 5.78 Å². The zero-order valence-corrected chi connectivity index (χ0v) is 8.67. The topological polar surface area (TPSA) is 60.2 Å². The minimum Gasteiger partial charge on any atom is -0.366 e. The Bertz CT molecular complexity index is 392. The molecular weight excluding hydrogens is 253 g/mol. The van der Waals surface area contributed by atoms with E-state index in [0.717, 1.165) is 6.07 Å². The van der Waals surface area contributed by atoms with E-state index in [1.54, 1.807) is 0 Å². The molecule has 0 radical (unpaired) electrons. The first-order chi connectivity index (χ1) is 6.56. The number of alkyl halides is 1. The van der Waals surface area contributed by atoms with Gasteiger partial charge in [-0.1, -0.05) is 22.0 Å². The molecule has 1 rings (SSSR count). The van der Waals surface area contributed by atoms with Crippen molar-refractivity contribution >= 4 is 27.6 Å². The van der Waals surface area contributed by atoms with Gasteiger partial charge in [0.2, 0.25) is 0 Å². The molecule has 0 aliphatic heterocycles. The average molecular weight is 260 g/mol. The molecule has 0 aliphatic carbocycles. The first-order valence-electron chi connectivity index (χ1n) is 3.74. The fraction of sp³-hybridized carbons (Fsp3) is 0.111. The number of rotatable bonds is 3. The van der Waals surface area contributed by atoms with E-state index < -0.39 is 11.7 Å². The summed E-state index contributed by atoms with van der Waals surface area (Å²) < 4.78 is 13.1. The predicted molar refractivity (Wildman–Crippen MR) is 53.0 cm³/mol. The van der Waals surface area contributed by atoms with E-state index in [4.69, 9.17) is 5.73 Å². The highest BCUT2D eigenvalue weighted by molar-refractivity contribution is 9.09. The molecule has 1 amide bonds. The Kier molecular flexibility index (Phi) is 3.35. The Balaban J connectivity index is 3.12. The summed E-state index contributed by atoms with van der Waals surface area (Å²) in [7, 11) is 0. The van der Waals surface area contributed by atoms with Crippen LogP contribution in [0.25, 0.3) is 0 Å². The highest BCUT2D eigenvalue weighted by Gasteiger charge is 2.11. The number of carbonyl (C=O) groups excluding carboxylic acids is 2. The minimum atomic E-state index is -0.847. The monoisotopic (exact) mass is 259 g/mol. The molecule has 0 fully saturated rings. The Labute approximate surface area is 88.2 Å². The van der Waals surface area contributed by atoms with Crippen molar-refractivity contribution < 1.29 is 14.0 Å². The lowest BCUT2D eigenvalue weighted by Gasteiger charge is -2.00. The smallest absolute Gasteiger partial charge is 0.251 e. The summed E-state index contributed by atoms with van der Waals surface area (Å²) in [6.45, 7) is 0. The number of nitrogens with two attached hydrogens (primary N) is 1. The summed E-state index contributed by atoms with van der Waals surface area (Å²) in [5.74, 6) is -1.87. The van der Waals surface area contributed by atoms with Gasteiger partial charge in [-0.25, -0.2) is 4.39 Å². The van der Waals surface area contributed by atoms with Gasteiger partial charge in [0.25, 0.3) is 5.91 Å². The maximum Gasteiger partial charge on any atom is 0.251 e. The number of hydrogen-bond acceptors (Lipinski definition) is 2. The van der Waals surface area contributed by atoms with Gasteiger partial charge in [-0.3, -0.25) is 9.59 Å². The number of ketones is 1. The lowest BCUT2D eigenvalue weighted by molar-refractivity contribution is 0.0990. The molecule has 2 N–H and O–H groups in total. The van der Waals surface area contributed by atoms with E-state index in [1.807, 2.05) is 0 Å². The maximum absolute atomic E-state index is 13.1. The highest BCUT2D eigenvalue weighted by atomic mass is 79.9. The molecule has 1 aromatic carbocycles. The lowest BCUT2D eigenvalue weighted by Crippen LogP contribution is -2.14. The molecule has 14 heavy (non-hydrogen) atoms. The van der Waals surface area contributed by atoms with Crippen molar-refractivity contribution in [3.8, 4) is 0 Å². The number of hydrogen-bond donors (Lipinski definition) is 1. The number of amides is 1. The van der Waals surface area contributed by atoms with Crippen LogP contribution in [-0.2, 0) is 0 Å². The zero-order chi connectivity index (χ0) is 10.7. The van der Waals surface area contributed by atoms with E-state index in [-0.39, 0.29) is 22.2 Å². The van der Waals surface area contributed by atoms with Crippen LogP contribution in [-0.4, -0.2) is 17.0 Å². The SMILES string of the molecule is NC(=O)c1ccc(C(=O)CBr)cc1F. The molecule has 0 saturated carbocycles. The third kappa shape index (κ3) is 2.17. The zero-order valence-electron chi connectivity index (χ0n) is 7.09. The van der Waals surface area contributed by atoms with Gasteiger partial charge in [0, 0.05) is 5.56 Å². The maximum atomic E-state index is 13.1. The summed E-state index contributed by atoms with van der Waals surface area (Å²) in [4.78, 5) is 21.8. The van der Waals surface area contributed by atoms with Crippen LogP contribution >= 0.6 is 15.9 Å². The number of Topliss-reactive ketones (excluding diaryl/α,β-unsaturated/α-hetero) is 1. The Morgan fingerprint density at radius 1 is 1.43 bits per heavy atom. The number of carbonyl (C=O) groups is 2. The van der Waals surface area contributed by atoms with Crippen LogP contribution in [0.15, 0.2) is 18.2 Å². The Morgan fingerprint density at radius 2 is 2.07 bits per heavy atom. The Morgan fingerprint density at radius 3 is 2.50 bits per heavy atom. The number of benzene rings is 1. The summed E-state index contributed by atoms with van der Waals surface area (Å²) in [5, 5.41) is 0.113. The van der Waals surface area contributed by atoms with Crippen LogP contribution in [0.3, 0.4) is 0 Å². The highest BCUT2D eigenvalue weighted by Crippen LogP contribution is 2.11. The second-order valence-electron chi connectivity index (χ2n) is 2.62. The van der Waals surface area contributed by atoms with Crippen molar-refractivity contribution in [2.24, 2.45) is 5.73 Å². The van der Waals surface area contributed by atoms with E-state index in [1.165, 1.54) is 12.1 Å². The number of halogens is 2. The Hall–Kier alpha value is -1.23. The fourth-order valence-electron chi connectivity index (χ4n) is 0.966. The van der Waals surface area contributed by atoms with Gasteiger partial charge in [-0.05, 0) is 12.1 Å². The molecule has 5 heteroatoms. The number of primary amides is 1. The predicted octanol–water partition coefficient (Wildman–Crippen LogP) is 1.50. The van der Waals surface area contributed by atoms with E-state index >= 15 is 0 Å². The van der Waals surface area contributed by atoms with E-state index in [9.17, 15) is 14.0 Å². The van der Waals surface area contributed by atoms with Crippen molar-refractivity contribution in [3.63, 3.8) is 0 Å². The van der Waals surface area contributed by atoms with Crippen molar-refractivity contribution in [1.29, 1.82) is 0 Å². The first-order valence-corrected chi connectivity index (χ1v) is 4.87. The van der Waals surface area contributed by atoms with Crippen molar-refractivity contribution in [2.45, 2.75) is 0 Å². The molecule has 0 saturated heterocycles. The van der Waals surface area contributed by atoms with Crippen LogP contribution in [0, 0.1) is 5.82 Å². The van der Waals surface area contributed by atoms with Crippen LogP contribution in [0.5, 0.6) is 0 Å². The largest absolute Gasteiger partial charge is 0.366 e. The molecule has 0 unspecified atom stereocenters. The minimum absolute atomic E-state index is 0.113. The molecule has 0 aliphatic rings. The molecule has 1 aromatic rings. The summed E-state index contributed by atoms with van der Waals surface area (Å²) in [6.07, 6.45) is 0. The molecule has 74 valence electrons. The molecule has 0 heterocycles. The summed E-state index contributed by atoms with van der Waals surface area (Å²) in [5.41, 5.74) is 4.90. The van der Waals surface area contributed by atoms with Gasteiger partial charge in [0.1, 0.15) is 5.82 Å². The van der Waals surface area contributed by atoms with Crippen LogP contribution in [0.1, 0.15) is 20.7 Å². The quantitative estimate of drug-likeness (QED) is 0.661. The van der Waals surface area contributed by atoms with Gasteiger partial charge >= 0.3 is 0 Å². The average Bonchev–Trinajstić information content (AvgIpc) is 2.15. The molecule has 0 aromatic heterocycles. The first kappa shape index (κ1) is 10.8. The normalized spacial score (nSPS) is 9.86. The summed E-state index contributed by atoms with van der Waals surface area (Å²) >= 11 is 2.96. The van der Waals surface area contributed by atoms with Gasteiger partial charge in [-0.2, -0.15) is 0 Å². The second-order valence-corrected chi connectivity index (χ2v) is 3.18. The molecule has 0 bridgehead atoms. The van der Waals surface area contributed by atoms with Crippen molar-refractivity contribution in [3.05, 3.63) is 35.1 Å². The third-order valence-electron chi connectivity index (χ3n) is 1.68. The lowest BCUT2D eigenvalue weighted by atomic mass is 10.1. The van der Waals surface area contributed by atoms with Crippen LogP contribution < -0.4 is 5.73 Å². The van der Waals surface area contributed by atoms with E-state index in [0.29, 0.717) is 0 Å². The summed E-state index contributed by atoms with van der Waals surface area (Å²) in [6, 6.07) is 3.57. The molecule has 0 spiro atoms. The standard InChI is InChI=1S/C9H7BrFNO2/c10-4-8(13)5-1-2-6(9(12)14)7(11)3-5/h1-3H,4H2,(H2,12,14). The van der Waals surface area contributed by atoms with Crippen molar-refractivity contribution in [2.75, 3.05) is 5.33 Å². The molecule has 3 nitrogen and oxygen atoms in total. The van der Waals surface area contributed by atoms with Crippen LogP contribution in [0.4, 0.5) is 4.39 Å². The van der Waals surface area contributed by atoms with Gasteiger partial charge in [-0.15, -0.1) is 0 Å². The van der Waals surface area contributed by atoms with Gasteiger partial charge in [0.05, 0.1) is 10.9 Å². The van der Waals surface area contributed by atoms with Gasteiger partial charge < -0.3 is 5.73 Å².